The number of imidazole rings is 1. The highest BCUT2D eigenvalue weighted by Gasteiger charge is 2.21. The van der Waals surface area contributed by atoms with E-state index in [0.717, 1.165) is 33.9 Å². The summed E-state index contributed by atoms with van der Waals surface area (Å²) in [5.74, 6) is 2.28. The summed E-state index contributed by atoms with van der Waals surface area (Å²) in [5, 5.41) is 3.82. The highest BCUT2D eigenvalue weighted by Crippen LogP contribution is 2.27. The van der Waals surface area contributed by atoms with E-state index in [9.17, 15) is 4.79 Å². The second-order valence-corrected chi connectivity index (χ2v) is 7.56. The van der Waals surface area contributed by atoms with Crippen LogP contribution in [-0.2, 0) is 13.2 Å². The first-order chi connectivity index (χ1) is 16.2. The lowest BCUT2D eigenvalue weighted by molar-refractivity contribution is 0.0922. The molecule has 0 saturated heterocycles. The second kappa shape index (κ2) is 9.00. The lowest BCUT2D eigenvalue weighted by atomic mass is 10.1. The molecule has 0 spiro atoms. The number of carbonyl (C=O) groups excluding carboxylic acids is 1. The summed E-state index contributed by atoms with van der Waals surface area (Å²) in [6, 6.07) is 20.9. The summed E-state index contributed by atoms with van der Waals surface area (Å²) in [6.45, 7) is 2.47. The molecule has 164 valence electrons. The van der Waals surface area contributed by atoms with Gasteiger partial charge in [0.25, 0.3) is 5.91 Å². The van der Waals surface area contributed by atoms with Gasteiger partial charge in [-0.25, -0.2) is 9.97 Å². The molecule has 7 heteroatoms. The van der Waals surface area contributed by atoms with Gasteiger partial charge in [-0.15, -0.1) is 0 Å². The first-order valence-electron chi connectivity index (χ1n) is 10.6. The van der Waals surface area contributed by atoms with Gasteiger partial charge in [0.2, 0.25) is 0 Å². The summed E-state index contributed by atoms with van der Waals surface area (Å²) in [6.07, 6.45) is 5.30. The lowest BCUT2D eigenvalue weighted by Crippen LogP contribution is -2.23. The van der Waals surface area contributed by atoms with Crippen LogP contribution < -0.4 is 10.1 Å². The van der Waals surface area contributed by atoms with E-state index in [-0.39, 0.29) is 18.3 Å². The molecule has 0 aliphatic heterocycles. The Labute approximate surface area is 190 Å². The molecule has 0 saturated carbocycles. The molecule has 0 unspecified atom stereocenters. The summed E-state index contributed by atoms with van der Waals surface area (Å²) in [7, 11) is 0. The minimum absolute atomic E-state index is 0.225. The van der Waals surface area contributed by atoms with Gasteiger partial charge in [-0.2, -0.15) is 0 Å². The maximum Gasteiger partial charge on any atom is 0.287 e. The number of amides is 1. The number of benzene rings is 2. The van der Waals surface area contributed by atoms with Crippen LogP contribution in [0.3, 0.4) is 0 Å². The summed E-state index contributed by atoms with van der Waals surface area (Å²) >= 11 is 0. The third-order valence-corrected chi connectivity index (χ3v) is 5.37. The van der Waals surface area contributed by atoms with Gasteiger partial charge in [-0.05, 0) is 42.8 Å². The van der Waals surface area contributed by atoms with Gasteiger partial charge < -0.3 is 14.5 Å². The first-order valence-corrected chi connectivity index (χ1v) is 10.6. The minimum atomic E-state index is -0.296. The average Bonchev–Trinajstić information content (AvgIpc) is 3.45. The number of ether oxygens (including phenoxy) is 1. The average molecular weight is 438 g/mol. The molecule has 7 nitrogen and oxygen atoms in total. The van der Waals surface area contributed by atoms with E-state index in [4.69, 9.17) is 9.15 Å². The minimum Gasteiger partial charge on any atom is -0.489 e. The van der Waals surface area contributed by atoms with Gasteiger partial charge in [-0.1, -0.05) is 36.4 Å². The number of hydrogen-bond donors (Lipinski definition) is 1. The molecule has 5 rings (SSSR count). The molecule has 2 aromatic carbocycles. The molecule has 0 aliphatic rings. The van der Waals surface area contributed by atoms with Crippen LogP contribution in [0.1, 0.15) is 27.5 Å². The monoisotopic (exact) mass is 438 g/mol. The maximum atomic E-state index is 13.1. The highest BCUT2D eigenvalue weighted by molar-refractivity contribution is 5.99. The Hall–Kier alpha value is -4.39. The molecule has 5 aromatic rings. The predicted octanol–water partition coefficient (Wildman–Crippen LogP) is 4.83. The molecular weight excluding hydrogens is 416 g/mol. The zero-order valence-corrected chi connectivity index (χ0v) is 18.1. The van der Waals surface area contributed by atoms with Gasteiger partial charge in [0.05, 0.1) is 0 Å². The predicted molar refractivity (Wildman–Crippen MR) is 124 cm³/mol. The molecule has 33 heavy (non-hydrogen) atoms. The van der Waals surface area contributed by atoms with Crippen molar-refractivity contribution in [1.82, 2.24) is 19.9 Å². The standard InChI is InChI=1S/C26H22N4O3/c1-18-27-13-14-30(18)24-15-19(11-12-28-24)16-29-26(31)25-22(17-32-20-7-3-2-4-8-20)21-9-5-6-10-23(21)33-25/h2-15H,16-17H2,1H3,(H,29,31). The number of aromatic nitrogens is 3. The number of rotatable bonds is 7. The number of hydrogen-bond acceptors (Lipinski definition) is 5. The fraction of sp³-hybridized carbons (Fsp3) is 0.115. The molecule has 0 radical (unpaired) electrons. The Morgan fingerprint density at radius 3 is 2.67 bits per heavy atom. The fourth-order valence-electron chi connectivity index (χ4n) is 3.68. The Morgan fingerprint density at radius 2 is 1.85 bits per heavy atom. The smallest absolute Gasteiger partial charge is 0.287 e. The highest BCUT2D eigenvalue weighted by atomic mass is 16.5. The molecule has 0 fully saturated rings. The number of para-hydroxylation sites is 2. The van der Waals surface area contributed by atoms with Crippen LogP contribution in [0.5, 0.6) is 5.75 Å². The number of fused-ring (bicyclic) bond motifs is 1. The molecule has 3 aromatic heterocycles. The van der Waals surface area contributed by atoms with E-state index in [1.165, 1.54) is 0 Å². The van der Waals surface area contributed by atoms with Crippen LogP contribution in [0.15, 0.2) is 89.7 Å². The zero-order chi connectivity index (χ0) is 22.6. The number of nitrogens with zero attached hydrogens (tertiary/aromatic N) is 3. The maximum absolute atomic E-state index is 13.1. The van der Waals surface area contributed by atoms with E-state index < -0.39 is 0 Å². The second-order valence-electron chi connectivity index (χ2n) is 7.56. The van der Waals surface area contributed by atoms with E-state index in [1.807, 2.05) is 84.4 Å². The number of nitrogens with one attached hydrogen (secondary N) is 1. The van der Waals surface area contributed by atoms with E-state index >= 15 is 0 Å². The van der Waals surface area contributed by atoms with Gasteiger partial charge in [-0.3, -0.25) is 9.36 Å². The van der Waals surface area contributed by atoms with Gasteiger partial charge in [0.15, 0.2) is 5.76 Å². The Kier molecular flexibility index (Phi) is 5.59. The van der Waals surface area contributed by atoms with Gasteiger partial charge in [0.1, 0.15) is 29.6 Å². The fourth-order valence-corrected chi connectivity index (χ4v) is 3.68. The Bertz CT molecular complexity index is 1410. The van der Waals surface area contributed by atoms with Crippen LogP contribution in [0.4, 0.5) is 0 Å². The molecule has 0 atom stereocenters. The van der Waals surface area contributed by atoms with E-state index in [0.29, 0.717) is 12.1 Å². The van der Waals surface area contributed by atoms with Crippen LogP contribution in [0, 0.1) is 6.92 Å². The van der Waals surface area contributed by atoms with Crippen LogP contribution in [0.2, 0.25) is 0 Å². The Morgan fingerprint density at radius 1 is 1.03 bits per heavy atom. The first kappa shape index (κ1) is 20.5. The van der Waals surface area contributed by atoms with Crippen molar-refractivity contribution in [3.63, 3.8) is 0 Å². The van der Waals surface area contributed by atoms with Crippen molar-refractivity contribution in [2.24, 2.45) is 0 Å². The number of carbonyl (C=O) groups is 1. The molecule has 0 aliphatic carbocycles. The molecular formula is C26H22N4O3. The summed E-state index contributed by atoms with van der Waals surface area (Å²) in [4.78, 5) is 21.7. The Balaban J connectivity index is 1.36. The van der Waals surface area contributed by atoms with Gasteiger partial charge in [0, 0.05) is 36.1 Å². The molecule has 1 N–H and O–H groups in total. The normalized spacial score (nSPS) is 10.9. The number of furan rings is 1. The van der Waals surface area contributed by atoms with Crippen molar-refractivity contribution < 1.29 is 13.9 Å². The van der Waals surface area contributed by atoms with Crippen molar-refractivity contribution in [2.75, 3.05) is 0 Å². The van der Waals surface area contributed by atoms with Crippen LogP contribution in [-0.4, -0.2) is 20.4 Å². The van der Waals surface area contributed by atoms with Crippen LogP contribution >= 0.6 is 0 Å². The largest absolute Gasteiger partial charge is 0.489 e. The SMILES string of the molecule is Cc1nccn1-c1cc(CNC(=O)c2oc3ccccc3c2COc2ccccc2)ccn1. The number of pyridine rings is 1. The van der Waals surface area contributed by atoms with E-state index in [2.05, 4.69) is 15.3 Å². The quantitative estimate of drug-likeness (QED) is 0.394. The number of aryl methyl sites for hydroxylation is 1. The molecule has 0 bridgehead atoms. The van der Waals surface area contributed by atoms with Gasteiger partial charge >= 0.3 is 0 Å². The topological polar surface area (TPSA) is 82.2 Å². The summed E-state index contributed by atoms with van der Waals surface area (Å²) < 4.78 is 13.7. The van der Waals surface area contributed by atoms with Crippen molar-refractivity contribution in [3.05, 3.63) is 108 Å². The zero-order valence-electron chi connectivity index (χ0n) is 18.1. The lowest BCUT2D eigenvalue weighted by Gasteiger charge is -2.09. The third-order valence-electron chi connectivity index (χ3n) is 5.37. The van der Waals surface area contributed by atoms with E-state index in [1.54, 1.807) is 12.4 Å². The molecule has 3 heterocycles. The van der Waals surface area contributed by atoms with Crippen LogP contribution in [0.25, 0.3) is 16.8 Å². The molecule has 1 amide bonds. The van der Waals surface area contributed by atoms with Crippen molar-refractivity contribution in [1.29, 1.82) is 0 Å². The van der Waals surface area contributed by atoms with Crippen molar-refractivity contribution in [2.45, 2.75) is 20.1 Å². The summed E-state index contributed by atoms with van der Waals surface area (Å²) in [5.41, 5.74) is 2.28. The third kappa shape index (κ3) is 4.34. The van der Waals surface area contributed by atoms with Crippen molar-refractivity contribution >= 4 is 16.9 Å². The van der Waals surface area contributed by atoms with Crippen molar-refractivity contribution in [3.8, 4) is 11.6 Å².